The van der Waals surface area contributed by atoms with E-state index in [9.17, 15) is 9.59 Å². The molecule has 2 heterocycles. The molecule has 2 amide bonds. The van der Waals surface area contributed by atoms with E-state index in [1.165, 1.54) is 11.1 Å². The van der Waals surface area contributed by atoms with Crippen LogP contribution in [0.3, 0.4) is 0 Å². The van der Waals surface area contributed by atoms with E-state index in [1.807, 2.05) is 17.0 Å². The fourth-order valence-corrected chi connectivity index (χ4v) is 3.36. The predicted molar refractivity (Wildman–Crippen MR) is 88.6 cm³/mol. The minimum atomic E-state index is 0.0884. The molecular formula is C18H25N3O2. The quantitative estimate of drug-likeness (QED) is 0.783. The Morgan fingerprint density at radius 1 is 1.22 bits per heavy atom. The number of amides is 2. The number of hydrogen-bond donors (Lipinski definition) is 2. The van der Waals surface area contributed by atoms with Gasteiger partial charge in [-0.15, -0.1) is 0 Å². The molecule has 2 aliphatic rings. The van der Waals surface area contributed by atoms with Gasteiger partial charge in [-0.3, -0.25) is 9.59 Å². The van der Waals surface area contributed by atoms with Crippen LogP contribution in [0.5, 0.6) is 0 Å². The Labute approximate surface area is 137 Å². The van der Waals surface area contributed by atoms with Crippen LogP contribution in [0, 0.1) is 0 Å². The number of fused-ring (bicyclic) bond motifs is 1. The van der Waals surface area contributed by atoms with Crippen molar-refractivity contribution < 1.29 is 9.59 Å². The monoisotopic (exact) mass is 315 g/mol. The number of carbonyl (C=O) groups is 2. The third kappa shape index (κ3) is 4.32. The summed E-state index contributed by atoms with van der Waals surface area (Å²) < 4.78 is 0. The van der Waals surface area contributed by atoms with E-state index in [-0.39, 0.29) is 11.8 Å². The Balaban J connectivity index is 1.32. The summed E-state index contributed by atoms with van der Waals surface area (Å²) in [4.78, 5) is 25.9. The fourth-order valence-electron chi connectivity index (χ4n) is 3.36. The van der Waals surface area contributed by atoms with Crippen molar-refractivity contribution in [3.05, 3.63) is 35.4 Å². The molecule has 1 fully saturated rings. The lowest BCUT2D eigenvalue weighted by molar-refractivity contribution is -0.132. The topological polar surface area (TPSA) is 61.4 Å². The van der Waals surface area contributed by atoms with Gasteiger partial charge in [-0.05, 0) is 36.9 Å². The molecule has 2 N–H and O–H groups in total. The molecule has 5 nitrogen and oxygen atoms in total. The molecule has 1 unspecified atom stereocenters. The summed E-state index contributed by atoms with van der Waals surface area (Å²) in [7, 11) is 0. The third-order valence-electron chi connectivity index (χ3n) is 4.68. The van der Waals surface area contributed by atoms with E-state index in [0.717, 1.165) is 19.4 Å². The normalized spacial score (nSPS) is 19.7. The molecular weight excluding hydrogens is 290 g/mol. The van der Waals surface area contributed by atoms with E-state index < -0.39 is 0 Å². The van der Waals surface area contributed by atoms with E-state index in [0.29, 0.717) is 44.9 Å². The molecule has 0 aromatic heterocycles. The van der Waals surface area contributed by atoms with Gasteiger partial charge >= 0.3 is 0 Å². The first-order valence-electron chi connectivity index (χ1n) is 8.57. The van der Waals surface area contributed by atoms with Crippen LogP contribution in [0.25, 0.3) is 0 Å². The molecule has 0 aliphatic carbocycles. The maximum absolute atomic E-state index is 12.2. The van der Waals surface area contributed by atoms with Gasteiger partial charge in [0.05, 0.1) is 0 Å². The van der Waals surface area contributed by atoms with E-state index in [2.05, 4.69) is 22.8 Å². The van der Waals surface area contributed by atoms with Gasteiger partial charge < -0.3 is 15.5 Å². The maximum Gasteiger partial charge on any atom is 0.223 e. The van der Waals surface area contributed by atoms with Gasteiger partial charge in [-0.25, -0.2) is 0 Å². The summed E-state index contributed by atoms with van der Waals surface area (Å²) in [6, 6.07) is 8.53. The average Bonchev–Trinajstić information content (AvgIpc) is 3.20. The number of nitrogens with one attached hydrogen (secondary N) is 2. The van der Waals surface area contributed by atoms with Crippen molar-refractivity contribution in [3.8, 4) is 0 Å². The van der Waals surface area contributed by atoms with Gasteiger partial charge in [0.1, 0.15) is 0 Å². The molecule has 0 bridgehead atoms. The summed E-state index contributed by atoms with van der Waals surface area (Å²) in [5, 5.41) is 6.24. The van der Waals surface area contributed by atoms with Crippen LogP contribution in [0.15, 0.2) is 24.3 Å². The molecule has 124 valence electrons. The second kappa shape index (κ2) is 7.59. The summed E-state index contributed by atoms with van der Waals surface area (Å²) >= 11 is 0. The molecule has 0 saturated carbocycles. The summed E-state index contributed by atoms with van der Waals surface area (Å²) in [5.41, 5.74) is 2.50. The minimum Gasteiger partial charge on any atom is -0.356 e. The first-order valence-corrected chi connectivity index (χ1v) is 8.57. The second-order valence-electron chi connectivity index (χ2n) is 6.47. The first-order chi connectivity index (χ1) is 11.2. The zero-order chi connectivity index (χ0) is 16.1. The maximum atomic E-state index is 12.2. The van der Waals surface area contributed by atoms with Crippen molar-refractivity contribution in [1.29, 1.82) is 0 Å². The Morgan fingerprint density at radius 3 is 2.61 bits per heavy atom. The zero-order valence-electron chi connectivity index (χ0n) is 13.5. The fraction of sp³-hybridized carbons (Fsp3) is 0.556. The van der Waals surface area contributed by atoms with Crippen molar-refractivity contribution in [2.75, 3.05) is 13.1 Å². The molecule has 1 aromatic carbocycles. The van der Waals surface area contributed by atoms with Crippen LogP contribution in [0.2, 0.25) is 0 Å². The number of carbonyl (C=O) groups excluding carboxylic acids is 2. The Kier molecular flexibility index (Phi) is 5.28. The van der Waals surface area contributed by atoms with Gasteiger partial charge in [0, 0.05) is 38.5 Å². The van der Waals surface area contributed by atoms with E-state index in [1.54, 1.807) is 0 Å². The molecule has 0 radical (unpaired) electrons. The molecule has 0 spiro atoms. The van der Waals surface area contributed by atoms with Crippen molar-refractivity contribution >= 4 is 11.8 Å². The molecule has 5 heteroatoms. The van der Waals surface area contributed by atoms with Crippen molar-refractivity contribution in [2.45, 2.75) is 51.2 Å². The van der Waals surface area contributed by atoms with Crippen molar-refractivity contribution in [1.82, 2.24) is 15.5 Å². The van der Waals surface area contributed by atoms with Crippen LogP contribution in [-0.2, 0) is 22.7 Å². The molecule has 23 heavy (non-hydrogen) atoms. The highest BCUT2D eigenvalue weighted by Crippen LogP contribution is 2.22. The smallest absolute Gasteiger partial charge is 0.223 e. The zero-order valence-corrected chi connectivity index (χ0v) is 13.5. The molecule has 1 saturated heterocycles. The predicted octanol–water partition coefficient (Wildman–Crippen LogP) is 1.57. The molecule has 3 rings (SSSR count). The lowest BCUT2D eigenvalue weighted by Crippen LogP contribution is -2.33. The largest absolute Gasteiger partial charge is 0.356 e. The number of hydrogen-bond acceptors (Lipinski definition) is 3. The van der Waals surface area contributed by atoms with Crippen LogP contribution < -0.4 is 10.6 Å². The minimum absolute atomic E-state index is 0.0884. The first kappa shape index (κ1) is 16.0. The lowest BCUT2D eigenvalue weighted by Gasteiger charge is -2.15. The van der Waals surface area contributed by atoms with Gasteiger partial charge in [0.2, 0.25) is 11.8 Å². The highest BCUT2D eigenvalue weighted by atomic mass is 16.2. The summed E-state index contributed by atoms with van der Waals surface area (Å²) in [6.45, 7) is 3.03. The Morgan fingerprint density at radius 2 is 1.96 bits per heavy atom. The SMILES string of the molecule is O=C(CC1CCCN1)NCCCC(=O)N1Cc2ccccc2C1. The third-order valence-corrected chi connectivity index (χ3v) is 4.68. The van der Waals surface area contributed by atoms with Crippen LogP contribution in [0.1, 0.15) is 43.2 Å². The second-order valence-corrected chi connectivity index (χ2v) is 6.47. The van der Waals surface area contributed by atoms with Crippen LogP contribution in [-0.4, -0.2) is 35.8 Å². The number of benzene rings is 1. The van der Waals surface area contributed by atoms with Gasteiger partial charge in [0.15, 0.2) is 0 Å². The lowest BCUT2D eigenvalue weighted by atomic mass is 10.1. The van der Waals surface area contributed by atoms with Gasteiger partial charge in [-0.1, -0.05) is 24.3 Å². The Bertz CT molecular complexity index is 542. The standard InChI is InChI=1S/C18H25N3O2/c22-17(11-16-7-3-9-19-16)20-10-4-8-18(23)21-12-14-5-1-2-6-15(14)13-21/h1-2,5-6,16,19H,3-4,7-13H2,(H,20,22). The van der Waals surface area contributed by atoms with E-state index in [4.69, 9.17) is 0 Å². The number of nitrogens with zero attached hydrogens (tertiary/aromatic N) is 1. The average molecular weight is 315 g/mol. The highest BCUT2D eigenvalue weighted by Gasteiger charge is 2.22. The number of rotatable bonds is 6. The summed E-state index contributed by atoms with van der Waals surface area (Å²) in [6.07, 6.45) is 3.99. The Hall–Kier alpha value is -1.88. The van der Waals surface area contributed by atoms with Gasteiger partial charge in [-0.2, -0.15) is 0 Å². The molecule has 1 aromatic rings. The molecule has 1 atom stereocenters. The van der Waals surface area contributed by atoms with Crippen LogP contribution >= 0.6 is 0 Å². The van der Waals surface area contributed by atoms with Crippen molar-refractivity contribution in [3.63, 3.8) is 0 Å². The van der Waals surface area contributed by atoms with Crippen molar-refractivity contribution in [2.24, 2.45) is 0 Å². The highest BCUT2D eigenvalue weighted by molar-refractivity contribution is 5.78. The van der Waals surface area contributed by atoms with Crippen LogP contribution in [0.4, 0.5) is 0 Å². The van der Waals surface area contributed by atoms with E-state index >= 15 is 0 Å². The molecule has 2 aliphatic heterocycles. The summed E-state index contributed by atoms with van der Waals surface area (Å²) in [5.74, 6) is 0.262. The van der Waals surface area contributed by atoms with Gasteiger partial charge in [0.25, 0.3) is 0 Å².